The molecule has 1 atom stereocenters. The van der Waals surface area contributed by atoms with Gasteiger partial charge in [0, 0.05) is 55.5 Å². The van der Waals surface area contributed by atoms with Crippen LogP contribution in [-0.4, -0.2) is 58.4 Å². The topological polar surface area (TPSA) is 65.4 Å². The van der Waals surface area contributed by atoms with Gasteiger partial charge in [0.05, 0.1) is 0 Å². The smallest absolute Gasteiger partial charge is 0.222 e. The van der Waals surface area contributed by atoms with E-state index in [1.54, 1.807) is 0 Å². The highest BCUT2D eigenvalue weighted by molar-refractivity contribution is 6.04. The minimum absolute atomic E-state index is 0. The van der Waals surface area contributed by atoms with Gasteiger partial charge in [-0.05, 0) is 56.0 Å². The predicted octanol–water partition coefficient (Wildman–Crippen LogP) is 3.71. The summed E-state index contributed by atoms with van der Waals surface area (Å²) in [5.74, 6) is 2.37. The van der Waals surface area contributed by atoms with E-state index in [1.807, 2.05) is 11.0 Å². The average Bonchev–Trinajstić information content (AvgIpc) is 3.44. The number of amides is 1. The van der Waals surface area contributed by atoms with Crippen molar-refractivity contribution in [3.8, 4) is 0 Å². The van der Waals surface area contributed by atoms with Gasteiger partial charge in [0.15, 0.2) is 11.5 Å². The van der Waals surface area contributed by atoms with Crippen molar-refractivity contribution in [2.24, 2.45) is 5.92 Å². The van der Waals surface area contributed by atoms with E-state index < -0.39 is 0 Å². The molecule has 3 aromatic rings. The SMILES string of the molecule is Cl.O=C1CCCN1CCc1nc2c(ccc3[nH]cc(C4CN5CCC4CC5)c32)o1. The maximum atomic E-state index is 11.9. The van der Waals surface area contributed by atoms with E-state index in [2.05, 4.69) is 22.1 Å². The molecule has 0 saturated carbocycles. The van der Waals surface area contributed by atoms with Crippen molar-refractivity contribution in [1.82, 2.24) is 19.8 Å². The van der Waals surface area contributed by atoms with Gasteiger partial charge in [-0.2, -0.15) is 0 Å². The number of benzene rings is 1. The van der Waals surface area contributed by atoms with Crippen molar-refractivity contribution in [2.45, 2.75) is 38.0 Å². The van der Waals surface area contributed by atoms with Crippen LogP contribution < -0.4 is 0 Å². The number of carbonyl (C=O) groups is 1. The lowest BCUT2D eigenvalue weighted by Crippen LogP contribution is -2.46. The molecule has 4 saturated heterocycles. The molecule has 4 aliphatic heterocycles. The Labute approximate surface area is 176 Å². The Balaban J connectivity index is 0.00000181. The molecule has 154 valence electrons. The normalized spacial score (nSPS) is 26.6. The Kier molecular flexibility index (Phi) is 4.79. The second-order valence-corrected chi connectivity index (χ2v) is 8.67. The molecule has 29 heavy (non-hydrogen) atoms. The van der Waals surface area contributed by atoms with E-state index in [-0.39, 0.29) is 18.3 Å². The van der Waals surface area contributed by atoms with Crippen molar-refractivity contribution in [3.63, 3.8) is 0 Å². The highest BCUT2D eigenvalue weighted by atomic mass is 35.5. The number of likely N-dealkylation sites (tertiary alicyclic amines) is 1. The third kappa shape index (κ3) is 3.13. The maximum absolute atomic E-state index is 11.9. The van der Waals surface area contributed by atoms with E-state index in [0.717, 1.165) is 47.9 Å². The molecule has 7 rings (SSSR count). The van der Waals surface area contributed by atoms with Crippen molar-refractivity contribution < 1.29 is 9.21 Å². The Morgan fingerprint density at radius 2 is 2.07 bits per heavy atom. The molecule has 2 bridgehead atoms. The zero-order valence-corrected chi connectivity index (χ0v) is 17.3. The standard InChI is InChI=1S/C22H26N4O2.ClH/c27-20-2-1-8-26(20)11-7-19-24-22-18(28-19)4-3-17-21(22)15(12-23-17)16-13-25-9-5-14(16)6-10-25;/h3-4,12,14,16,23H,1-2,5-11,13H2;1H. The highest BCUT2D eigenvalue weighted by Gasteiger charge is 2.36. The van der Waals surface area contributed by atoms with Gasteiger partial charge in [-0.1, -0.05) is 0 Å². The van der Waals surface area contributed by atoms with Gasteiger partial charge in [0.2, 0.25) is 5.91 Å². The molecular formula is C22H27ClN4O2. The van der Waals surface area contributed by atoms with Crippen molar-refractivity contribution in [3.05, 3.63) is 29.8 Å². The Morgan fingerprint density at radius 3 is 2.79 bits per heavy atom. The number of oxazole rings is 1. The molecule has 6 heterocycles. The van der Waals surface area contributed by atoms with E-state index in [1.165, 1.54) is 36.9 Å². The minimum atomic E-state index is 0. The number of hydrogen-bond donors (Lipinski definition) is 1. The van der Waals surface area contributed by atoms with Gasteiger partial charge >= 0.3 is 0 Å². The highest BCUT2D eigenvalue weighted by Crippen LogP contribution is 2.42. The molecule has 1 N–H and O–H groups in total. The number of aromatic amines is 1. The Bertz CT molecular complexity index is 1050. The van der Waals surface area contributed by atoms with Crippen LogP contribution in [0.25, 0.3) is 22.0 Å². The third-order valence-corrected chi connectivity index (χ3v) is 7.10. The fourth-order valence-electron chi connectivity index (χ4n) is 5.57. The molecule has 6 nitrogen and oxygen atoms in total. The van der Waals surface area contributed by atoms with Crippen LogP contribution in [0.15, 0.2) is 22.7 Å². The summed E-state index contributed by atoms with van der Waals surface area (Å²) in [4.78, 5) is 24.7. The second-order valence-electron chi connectivity index (χ2n) is 8.67. The van der Waals surface area contributed by atoms with E-state index >= 15 is 0 Å². The lowest BCUT2D eigenvalue weighted by atomic mass is 9.75. The molecule has 4 fully saturated rings. The third-order valence-electron chi connectivity index (χ3n) is 7.10. The van der Waals surface area contributed by atoms with Gasteiger partial charge in [-0.15, -0.1) is 12.4 Å². The molecule has 1 amide bonds. The van der Waals surface area contributed by atoms with Crippen LogP contribution in [0.5, 0.6) is 0 Å². The number of nitrogens with zero attached hydrogens (tertiary/aromatic N) is 3. The number of hydrogen-bond acceptors (Lipinski definition) is 4. The lowest BCUT2D eigenvalue weighted by Gasteiger charge is -2.44. The first-order valence-electron chi connectivity index (χ1n) is 10.7. The summed E-state index contributed by atoms with van der Waals surface area (Å²) in [6.07, 6.45) is 7.15. The largest absolute Gasteiger partial charge is 0.441 e. The van der Waals surface area contributed by atoms with Gasteiger partial charge in [-0.3, -0.25) is 4.79 Å². The van der Waals surface area contributed by atoms with Crippen LogP contribution in [0.4, 0.5) is 0 Å². The van der Waals surface area contributed by atoms with Gasteiger partial charge < -0.3 is 19.2 Å². The number of nitrogens with one attached hydrogen (secondary N) is 1. The van der Waals surface area contributed by atoms with Crippen molar-refractivity contribution in [1.29, 1.82) is 0 Å². The number of rotatable bonds is 4. The molecule has 7 heteroatoms. The monoisotopic (exact) mass is 414 g/mol. The summed E-state index contributed by atoms with van der Waals surface area (Å²) in [6.45, 7) is 5.24. The zero-order valence-electron chi connectivity index (χ0n) is 16.5. The summed E-state index contributed by atoms with van der Waals surface area (Å²) in [5, 5.41) is 1.24. The first-order chi connectivity index (χ1) is 13.8. The number of halogens is 1. The van der Waals surface area contributed by atoms with Crippen LogP contribution in [0.3, 0.4) is 0 Å². The van der Waals surface area contributed by atoms with Crippen molar-refractivity contribution in [2.75, 3.05) is 32.7 Å². The summed E-state index contributed by atoms with van der Waals surface area (Å²) in [6, 6.07) is 4.13. The Hall–Kier alpha value is -2.05. The van der Waals surface area contributed by atoms with Crippen molar-refractivity contribution >= 4 is 40.3 Å². The summed E-state index contributed by atoms with van der Waals surface area (Å²) in [5.41, 5.74) is 4.39. The summed E-state index contributed by atoms with van der Waals surface area (Å²) >= 11 is 0. The molecule has 0 aliphatic carbocycles. The number of piperidine rings is 3. The summed E-state index contributed by atoms with van der Waals surface area (Å²) in [7, 11) is 0. The maximum Gasteiger partial charge on any atom is 0.222 e. The molecule has 1 aromatic carbocycles. The number of carbonyl (C=O) groups excluding carboxylic acids is 1. The lowest BCUT2D eigenvalue weighted by molar-refractivity contribution is -0.127. The second kappa shape index (κ2) is 7.33. The predicted molar refractivity (Wildman–Crippen MR) is 115 cm³/mol. The van der Waals surface area contributed by atoms with Crippen LogP contribution in [0.1, 0.15) is 43.1 Å². The first-order valence-corrected chi connectivity index (χ1v) is 10.7. The van der Waals surface area contributed by atoms with Gasteiger partial charge in [-0.25, -0.2) is 4.98 Å². The number of H-pyrrole nitrogens is 1. The van der Waals surface area contributed by atoms with Crippen LogP contribution >= 0.6 is 12.4 Å². The fraction of sp³-hybridized carbons (Fsp3) is 0.545. The van der Waals surface area contributed by atoms with E-state index in [9.17, 15) is 4.79 Å². The molecule has 2 aromatic heterocycles. The van der Waals surface area contributed by atoms with Crippen LogP contribution in [0.2, 0.25) is 0 Å². The first kappa shape index (κ1) is 18.9. The molecule has 0 radical (unpaired) electrons. The van der Waals surface area contributed by atoms with Gasteiger partial charge in [0.25, 0.3) is 0 Å². The molecule has 0 spiro atoms. The van der Waals surface area contributed by atoms with Crippen LogP contribution in [-0.2, 0) is 11.2 Å². The van der Waals surface area contributed by atoms with Gasteiger partial charge in [0.1, 0.15) is 5.52 Å². The Morgan fingerprint density at radius 1 is 1.21 bits per heavy atom. The average molecular weight is 415 g/mol. The molecule has 1 unspecified atom stereocenters. The van der Waals surface area contributed by atoms with E-state index in [0.29, 0.717) is 25.3 Å². The zero-order chi connectivity index (χ0) is 18.7. The quantitative estimate of drug-likeness (QED) is 0.706. The minimum Gasteiger partial charge on any atom is -0.441 e. The van der Waals surface area contributed by atoms with Crippen LogP contribution in [0, 0.1) is 5.92 Å². The molecular weight excluding hydrogens is 388 g/mol. The number of aromatic nitrogens is 2. The van der Waals surface area contributed by atoms with E-state index in [4.69, 9.17) is 9.40 Å². The fourth-order valence-corrected chi connectivity index (χ4v) is 5.57. The number of fused-ring (bicyclic) bond motifs is 6. The summed E-state index contributed by atoms with van der Waals surface area (Å²) < 4.78 is 6.07. The molecule has 4 aliphatic rings.